The van der Waals surface area contributed by atoms with Gasteiger partial charge in [0.25, 0.3) is 0 Å². The molecule has 152 valence electrons. The Morgan fingerprint density at radius 1 is 1.21 bits per heavy atom. The molecule has 0 saturated heterocycles. The van der Waals surface area contributed by atoms with Gasteiger partial charge in [0.1, 0.15) is 10.8 Å². The highest BCUT2D eigenvalue weighted by molar-refractivity contribution is 7.17. The van der Waals surface area contributed by atoms with E-state index in [-0.39, 0.29) is 12.4 Å². The van der Waals surface area contributed by atoms with E-state index in [1.807, 2.05) is 0 Å². The number of rotatable bonds is 5. The van der Waals surface area contributed by atoms with Crippen LogP contribution in [0.5, 0.6) is 5.75 Å². The third-order valence-corrected chi connectivity index (χ3v) is 5.60. The number of fused-ring (bicyclic) bond motifs is 1. The van der Waals surface area contributed by atoms with Crippen molar-refractivity contribution in [2.24, 2.45) is 5.10 Å². The predicted molar refractivity (Wildman–Crippen MR) is 109 cm³/mol. The topological polar surface area (TPSA) is 117 Å². The number of nitrogens with zero attached hydrogens (tertiary/aromatic N) is 1. The molecule has 0 fully saturated rings. The number of amides is 2. The molecule has 1 aliphatic rings. The zero-order valence-electron chi connectivity index (χ0n) is 15.9. The maximum Gasteiger partial charge on any atom is 0.341 e. The van der Waals surface area contributed by atoms with Crippen molar-refractivity contribution in [2.75, 3.05) is 11.9 Å². The first-order chi connectivity index (χ1) is 14.0. The molecule has 8 nitrogen and oxygen atoms in total. The average Bonchev–Trinajstić information content (AvgIpc) is 3.07. The number of hydrazone groups is 1. The molecule has 2 aromatic rings. The Balaban J connectivity index is 1.71. The summed E-state index contributed by atoms with van der Waals surface area (Å²) < 4.78 is 5.13. The molecule has 0 atom stereocenters. The number of phenolic OH excluding ortho intramolecular Hbond substituents is 1. The second-order valence-electron chi connectivity index (χ2n) is 6.35. The molecular formula is C20H21N3O5S. The summed E-state index contributed by atoms with van der Waals surface area (Å²) in [6.07, 6.45) is 4.79. The van der Waals surface area contributed by atoms with E-state index >= 15 is 0 Å². The van der Waals surface area contributed by atoms with E-state index in [4.69, 9.17) is 4.74 Å². The first kappa shape index (κ1) is 20.5. The zero-order chi connectivity index (χ0) is 20.8. The first-order valence-electron chi connectivity index (χ1n) is 9.25. The third-order valence-electron chi connectivity index (χ3n) is 4.39. The Labute approximate surface area is 171 Å². The molecular weight excluding hydrogens is 394 g/mol. The number of hydrogen-bond donors (Lipinski definition) is 3. The Hall–Kier alpha value is -3.20. The molecule has 0 radical (unpaired) electrons. The lowest BCUT2D eigenvalue weighted by Gasteiger charge is -2.12. The molecule has 29 heavy (non-hydrogen) atoms. The highest BCUT2D eigenvalue weighted by Crippen LogP contribution is 2.38. The van der Waals surface area contributed by atoms with Gasteiger partial charge in [-0.05, 0) is 50.3 Å². The molecule has 0 saturated carbocycles. The van der Waals surface area contributed by atoms with E-state index in [0.29, 0.717) is 16.1 Å². The van der Waals surface area contributed by atoms with Gasteiger partial charge in [0.05, 0.1) is 18.4 Å². The highest BCUT2D eigenvalue weighted by Gasteiger charge is 2.28. The number of carbonyl (C=O) groups excluding carboxylic acids is 3. The fourth-order valence-corrected chi connectivity index (χ4v) is 4.31. The number of phenols is 1. The Bertz CT molecular complexity index is 967. The average molecular weight is 415 g/mol. The maximum atomic E-state index is 12.4. The summed E-state index contributed by atoms with van der Waals surface area (Å²) in [5.74, 6) is -2.43. The fourth-order valence-electron chi connectivity index (χ4n) is 3.04. The van der Waals surface area contributed by atoms with Crippen molar-refractivity contribution in [2.45, 2.75) is 32.6 Å². The van der Waals surface area contributed by atoms with Crippen LogP contribution >= 0.6 is 11.3 Å². The van der Waals surface area contributed by atoms with Crippen LogP contribution in [0.3, 0.4) is 0 Å². The monoisotopic (exact) mass is 415 g/mol. The SMILES string of the molecule is CCOC(=O)c1c(NC(=O)C(=O)NN=Cc2ccccc2O)sc2c1CCCC2. The van der Waals surface area contributed by atoms with Gasteiger partial charge in [0, 0.05) is 10.4 Å². The van der Waals surface area contributed by atoms with Gasteiger partial charge < -0.3 is 15.2 Å². The summed E-state index contributed by atoms with van der Waals surface area (Å²) in [6.45, 7) is 1.93. The summed E-state index contributed by atoms with van der Waals surface area (Å²) in [7, 11) is 0. The van der Waals surface area contributed by atoms with Gasteiger partial charge in [-0.3, -0.25) is 9.59 Å². The number of hydrogen-bond acceptors (Lipinski definition) is 7. The van der Waals surface area contributed by atoms with Crippen LogP contribution < -0.4 is 10.7 Å². The summed E-state index contributed by atoms with van der Waals surface area (Å²) in [5, 5.41) is 16.2. The highest BCUT2D eigenvalue weighted by atomic mass is 32.1. The minimum atomic E-state index is -0.988. The Morgan fingerprint density at radius 3 is 2.72 bits per heavy atom. The van der Waals surface area contributed by atoms with E-state index in [0.717, 1.165) is 36.1 Å². The molecule has 2 amide bonds. The zero-order valence-corrected chi connectivity index (χ0v) is 16.7. The van der Waals surface area contributed by atoms with Gasteiger partial charge in [0.15, 0.2) is 0 Å². The van der Waals surface area contributed by atoms with Crippen LogP contribution in [0.1, 0.15) is 46.1 Å². The quantitative estimate of drug-likeness (QED) is 0.300. The molecule has 0 spiro atoms. The standard InChI is InChI=1S/C20H21N3O5S/c1-2-28-20(27)16-13-8-4-6-10-15(13)29-19(16)22-17(25)18(26)23-21-11-12-7-3-5-9-14(12)24/h3,5,7,9,11,24H,2,4,6,8,10H2,1H3,(H,22,25)(H,23,26). The van der Waals surface area contributed by atoms with Gasteiger partial charge >= 0.3 is 17.8 Å². The third kappa shape index (κ3) is 4.80. The van der Waals surface area contributed by atoms with E-state index in [1.54, 1.807) is 25.1 Å². The van der Waals surface area contributed by atoms with Crippen molar-refractivity contribution in [1.29, 1.82) is 0 Å². The van der Waals surface area contributed by atoms with Crippen LogP contribution in [0.15, 0.2) is 29.4 Å². The molecule has 0 bridgehead atoms. The van der Waals surface area contributed by atoms with Crippen LogP contribution in [0, 0.1) is 0 Å². The number of carbonyl (C=O) groups is 3. The van der Waals surface area contributed by atoms with Gasteiger partial charge in [0.2, 0.25) is 0 Å². The van der Waals surface area contributed by atoms with Crippen LogP contribution in [-0.2, 0) is 27.2 Å². The lowest BCUT2D eigenvalue weighted by atomic mass is 9.95. The second kappa shape index (κ2) is 9.33. The minimum Gasteiger partial charge on any atom is -0.507 e. The van der Waals surface area contributed by atoms with Gasteiger partial charge in [-0.25, -0.2) is 10.2 Å². The molecule has 3 rings (SSSR count). The van der Waals surface area contributed by atoms with Crippen molar-refractivity contribution in [3.63, 3.8) is 0 Å². The van der Waals surface area contributed by atoms with Crippen molar-refractivity contribution in [3.05, 3.63) is 45.8 Å². The lowest BCUT2D eigenvalue weighted by Crippen LogP contribution is -2.32. The van der Waals surface area contributed by atoms with Gasteiger partial charge in [-0.15, -0.1) is 11.3 Å². The van der Waals surface area contributed by atoms with Crippen LogP contribution in [0.2, 0.25) is 0 Å². The number of nitrogens with one attached hydrogen (secondary N) is 2. The summed E-state index contributed by atoms with van der Waals surface area (Å²) in [5.41, 5.74) is 3.74. The first-order valence-corrected chi connectivity index (χ1v) is 10.1. The number of aryl methyl sites for hydroxylation is 1. The Kier molecular flexibility index (Phi) is 6.61. The van der Waals surface area contributed by atoms with Crippen molar-refractivity contribution in [1.82, 2.24) is 5.43 Å². The summed E-state index contributed by atoms with van der Waals surface area (Å²) in [6, 6.07) is 6.43. The van der Waals surface area contributed by atoms with Crippen LogP contribution in [0.25, 0.3) is 0 Å². The summed E-state index contributed by atoms with van der Waals surface area (Å²) >= 11 is 1.30. The van der Waals surface area contributed by atoms with E-state index in [1.165, 1.54) is 23.6 Å². The van der Waals surface area contributed by atoms with Crippen LogP contribution in [-0.4, -0.2) is 35.7 Å². The maximum absolute atomic E-state index is 12.4. The molecule has 9 heteroatoms. The van der Waals surface area contributed by atoms with E-state index < -0.39 is 17.8 Å². The van der Waals surface area contributed by atoms with Crippen molar-refractivity contribution in [3.8, 4) is 5.75 Å². The van der Waals surface area contributed by atoms with Gasteiger partial charge in [-0.2, -0.15) is 5.10 Å². The van der Waals surface area contributed by atoms with Crippen molar-refractivity contribution < 1.29 is 24.2 Å². The molecule has 0 unspecified atom stereocenters. The molecule has 1 heterocycles. The fraction of sp³-hybridized carbons (Fsp3) is 0.300. The number of benzene rings is 1. The number of thiophene rings is 1. The number of ether oxygens (including phenoxy) is 1. The molecule has 3 N–H and O–H groups in total. The molecule has 0 aliphatic heterocycles. The molecule has 1 aromatic heterocycles. The smallest absolute Gasteiger partial charge is 0.341 e. The summed E-state index contributed by atoms with van der Waals surface area (Å²) in [4.78, 5) is 37.8. The largest absolute Gasteiger partial charge is 0.507 e. The normalized spacial score (nSPS) is 13.0. The minimum absolute atomic E-state index is 0.00167. The van der Waals surface area contributed by atoms with Crippen molar-refractivity contribution >= 4 is 40.3 Å². The Morgan fingerprint density at radius 2 is 1.97 bits per heavy atom. The van der Waals surface area contributed by atoms with E-state index in [9.17, 15) is 19.5 Å². The number of anilines is 1. The van der Waals surface area contributed by atoms with Gasteiger partial charge in [-0.1, -0.05) is 12.1 Å². The number of esters is 1. The van der Waals surface area contributed by atoms with Crippen LogP contribution in [0.4, 0.5) is 5.00 Å². The second-order valence-corrected chi connectivity index (χ2v) is 7.45. The number of aromatic hydroxyl groups is 1. The van der Waals surface area contributed by atoms with E-state index in [2.05, 4.69) is 15.8 Å². The molecule has 1 aliphatic carbocycles. The number of para-hydroxylation sites is 1. The molecule has 1 aromatic carbocycles. The lowest BCUT2D eigenvalue weighted by molar-refractivity contribution is -0.136. The predicted octanol–water partition coefficient (Wildman–Crippen LogP) is 2.60.